The summed E-state index contributed by atoms with van der Waals surface area (Å²) in [5.74, 6) is 2.23. The first-order chi connectivity index (χ1) is 9.78. The summed E-state index contributed by atoms with van der Waals surface area (Å²) in [5.41, 5.74) is 1.29. The van der Waals surface area contributed by atoms with E-state index in [0.717, 1.165) is 37.1 Å². The fraction of sp³-hybridized carbons (Fsp3) is 0.714. The van der Waals surface area contributed by atoms with Crippen LogP contribution in [0.4, 0.5) is 0 Å². The lowest BCUT2D eigenvalue weighted by molar-refractivity contribution is 0.710. The normalized spacial score (nSPS) is 19.3. The molecule has 6 heteroatoms. The summed E-state index contributed by atoms with van der Waals surface area (Å²) in [7, 11) is 3.78. The van der Waals surface area contributed by atoms with Gasteiger partial charge >= 0.3 is 0 Å². The maximum Gasteiger partial charge on any atom is 0.191 e. The molecule has 1 atom stereocenters. The summed E-state index contributed by atoms with van der Waals surface area (Å²) in [6.07, 6.45) is 8.83. The predicted molar refractivity (Wildman–Crippen MR) is 86.4 cm³/mol. The SMILES string of the molecule is CN=C(NCCCc1cnn(C)c1)NCC1CCCS1. The molecule has 1 fully saturated rings. The van der Waals surface area contributed by atoms with Gasteiger partial charge in [0.25, 0.3) is 0 Å². The van der Waals surface area contributed by atoms with Gasteiger partial charge in [-0.2, -0.15) is 16.9 Å². The first-order valence-corrected chi connectivity index (χ1v) is 8.36. The fourth-order valence-corrected chi connectivity index (χ4v) is 3.54. The third-order valence-corrected chi connectivity index (χ3v) is 4.84. The zero-order valence-corrected chi connectivity index (χ0v) is 13.2. The van der Waals surface area contributed by atoms with Gasteiger partial charge in [0.2, 0.25) is 0 Å². The number of rotatable bonds is 6. The number of aromatic nitrogens is 2. The van der Waals surface area contributed by atoms with E-state index < -0.39 is 0 Å². The number of hydrogen-bond donors (Lipinski definition) is 2. The van der Waals surface area contributed by atoms with Crippen LogP contribution in [-0.2, 0) is 13.5 Å². The average Bonchev–Trinajstić information content (AvgIpc) is 3.09. The Morgan fingerprint density at radius 1 is 1.55 bits per heavy atom. The van der Waals surface area contributed by atoms with Gasteiger partial charge in [-0.25, -0.2) is 0 Å². The summed E-state index contributed by atoms with van der Waals surface area (Å²) in [5, 5.41) is 11.7. The number of hydrogen-bond acceptors (Lipinski definition) is 3. The molecular weight excluding hydrogens is 270 g/mol. The second-order valence-corrected chi connectivity index (χ2v) is 6.55. The second-order valence-electron chi connectivity index (χ2n) is 5.14. The van der Waals surface area contributed by atoms with Crippen molar-refractivity contribution in [3.05, 3.63) is 18.0 Å². The molecule has 2 rings (SSSR count). The summed E-state index contributed by atoms with van der Waals surface area (Å²) < 4.78 is 1.85. The van der Waals surface area contributed by atoms with Crippen molar-refractivity contribution in [2.24, 2.45) is 12.0 Å². The Kier molecular flexibility index (Phi) is 6.24. The van der Waals surface area contributed by atoms with Gasteiger partial charge < -0.3 is 10.6 Å². The highest BCUT2D eigenvalue weighted by molar-refractivity contribution is 8.00. The Bertz CT molecular complexity index is 423. The van der Waals surface area contributed by atoms with Crippen LogP contribution in [0, 0.1) is 0 Å². The number of aryl methyl sites for hydroxylation is 2. The molecule has 1 aliphatic heterocycles. The molecule has 0 radical (unpaired) electrons. The summed E-state index contributed by atoms with van der Waals surface area (Å²) >= 11 is 2.07. The summed E-state index contributed by atoms with van der Waals surface area (Å²) in [4.78, 5) is 4.27. The molecule has 0 aromatic carbocycles. The van der Waals surface area contributed by atoms with Crippen LogP contribution in [0.25, 0.3) is 0 Å². The zero-order chi connectivity index (χ0) is 14.2. The monoisotopic (exact) mass is 295 g/mol. The molecule has 2 heterocycles. The van der Waals surface area contributed by atoms with Gasteiger partial charge in [-0.05, 0) is 37.0 Å². The van der Waals surface area contributed by atoms with Crippen molar-refractivity contribution < 1.29 is 0 Å². The minimum atomic E-state index is 0.754. The molecule has 0 bridgehead atoms. The van der Waals surface area contributed by atoms with E-state index in [1.165, 1.54) is 24.2 Å². The van der Waals surface area contributed by atoms with Crippen LogP contribution in [0.5, 0.6) is 0 Å². The Hall–Kier alpha value is -1.17. The van der Waals surface area contributed by atoms with Crippen LogP contribution in [0.15, 0.2) is 17.4 Å². The van der Waals surface area contributed by atoms with Gasteiger partial charge in [-0.1, -0.05) is 0 Å². The third-order valence-electron chi connectivity index (χ3n) is 3.44. The van der Waals surface area contributed by atoms with Gasteiger partial charge in [0.15, 0.2) is 5.96 Å². The highest BCUT2D eigenvalue weighted by Crippen LogP contribution is 2.25. The minimum Gasteiger partial charge on any atom is -0.356 e. The lowest BCUT2D eigenvalue weighted by atomic mass is 10.2. The quantitative estimate of drug-likeness (QED) is 0.473. The Morgan fingerprint density at radius 2 is 2.45 bits per heavy atom. The van der Waals surface area contributed by atoms with E-state index in [1.807, 2.05) is 25.0 Å². The van der Waals surface area contributed by atoms with Crippen molar-refractivity contribution in [2.75, 3.05) is 25.9 Å². The fourth-order valence-electron chi connectivity index (χ4n) is 2.34. The molecule has 20 heavy (non-hydrogen) atoms. The number of guanidine groups is 1. The molecule has 5 nitrogen and oxygen atoms in total. The topological polar surface area (TPSA) is 54.2 Å². The van der Waals surface area contributed by atoms with E-state index in [0.29, 0.717) is 0 Å². The second kappa shape index (κ2) is 8.19. The van der Waals surface area contributed by atoms with Crippen molar-refractivity contribution in [3.63, 3.8) is 0 Å². The first-order valence-electron chi connectivity index (χ1n) is 7.31. The van der Waals surface area contributed by atoms with Crippen LogP contribution in [0.2, 0.25) is 0 Å². The zero-order valence-electron chi connectivity index (χ0n) is 12.4. The van der Waals surface area contributed by atoms with Crippen molar-refractivity contribution in [2.45, 2.75) is 30.9 Å². The van der Waals surface area contributed by atoms with E-state index in [2.05, 4.69) is 38.7 Å². The molecule has 1 unspecified atom stereocenters. The minimum absolute atomic E-state index is 0.754. The smallest absolute Gasteiger partial charge is 0.191 e. The van der Waals surface area contributed by atoms with E-state index in [1.54, 1.807) is 0 Å². The van der Waals surface area contributed by atoms with Crippen molar-refractivity contribution >= 4 is 17.7 Å². The van der Waals surface area contributed by atoms with Crippen molar-refractivity contribution in [1.82, 2.24) is 20.4 Å². The third kappa shape index (κ3) is 5.07. The van der Waals surface area contributed by atoms with Gasteiger partial charge in [0.1, 0.15) is 0 Å². The molecule has 0 aliphatic carbocycles. The largest absolute Gasteiger partial charge is 0.356 e. The van der Waals surface area contributed by atoms with E-state index in [-0.39, 0.29) is 0 Å². The van der Waals surface area contributed by atoms with Gasteiger partial charge in [-0.15, -0.1) is 0 Å². The number of thioether (sulfide) groups is 1. The van der Waals surface area contributed by atoms with Crippen LogP contribution >= 0.6 is 11.8 Å². The standard InChI is InChI=1S/C14H25N5S/c1-15-14(17-10-13-6-4-8-20-13)16-7-3-5-12-9-18-19(2)11-12/h9,11,13H,3-8,10H2,1-2H3,(H2,15,16,17). The highest BCUT2D eigenvalue weighted by atomic mass is 32.2. The average molecular weight is 295 g/mol. The van der Waals surface area contributed by atoms with Gasteiger partial charge in [-0.3, -0.25) is 9.67 Å². The first kappa shape index (κ1) is 15.2. The Morgan fingerprint density at radius 3 is 3.10 bits per heavy atom. The van der Waals surface area contributed by atoms with E-state index >= 15 is 0 Å². The van der Waals surface area contributed by atoms with Crippen LogP contribution in [0.3, 0.4) is 0 Å². The molecule has 1 aromatic heterocycles. The van der Waals surface area contributed by atoms with E-state index in [4.69, 9.17) is 0 Å². The number of nitrogens with one attached hydrogen (secondary N) is 2. The molecule has 0 amide bonds. The van der Waals surface area contributed by atoms with Crippen LogP contribution in [0.1, 0.15) is 24.8 Å². The van der Waals surface area contributed by atoms with E-state index in [9.17, 15) is 0 Å². The van der Waals surface area contributed by atoms with Gasteiger partial charge in [0, 0.05) is 38.6 Å². The number of nitrogens with zero attached hydrogens (tertiary/aromatic N) is 3. The van der Waals surface area contributed by atoms with Crippen molar-refractivity contribution in [1.29, 1.82) is 0 Å². The predicted octanol–water partition coefficient (Wildman–Crippen LogP) is 1.41. The molecule has 112 valence electrons. The molecule has 0 saturated carbocycles. The van der Waals surface area contributed by atoms with Crippen LogP contribution in [-0.4, -0.2) is 46.9 Å². The molecule has 2 N–H and O–H groups in total. The molecule has 1 aromatic rings. The summed E-state index contributed by atoms with van der Waals surface area (Å²) in [6.45, 7) is 1.96. The van der Waals surface area contributed by atoms with Gasteiger partial charge in [0.05, 0.1) is 6.20 Å². The number of aliphatic imine (C=N–C) groups is 1. The maximum absolute atomic E-state index is 4.27. The van der Waals surface area contributed by atoms with Crippen LogP contribution < -0.4 is 10.6 Å². The molecule has 1 aliphatic rings. The lowest BCUT2D eigenvalue weighted by Crippen LogP contribution is -2.40. The summed E-state index contributed by atoms with van der Waals surface area (Å²) in [6, 6.07) is 0. The lowest BCUT2D eigenvalue weighted by Gasteiger charge is -2.14. The Balaban J connectivity index is 1.58. The molecule has 1 saturated heterocycles. The maximum atomic E-state index is 4.27. The highest BCUT2D eigenvalue weighted by Gasteiger charge is 2.15. The molecule has 0 spiro atoms. The molecular formula is C14H25N5S. The van der Waals surface area contributed by atoms with Crippen molar-refractivity contribution in [3.8, 4) is 0 Å². The Labute approximate surface area is 125 Å².